The highest BCUT2D eigenvalue weighted by Crippen LogP contribution is 2.74. The highest BCUT2D eigenvalue weighted by molar-refractivity contribution is 6.26. The van der Waals surface area contributed by atoms with Gasteiger partial charge < -0.3 is 19.0 Å². The van der Waals surface area contributed by atoms with E-state index in [-0.39, 0.29) is 35.1 Å². The molecule has 3 fully saturated rings. The van der Waals surface area contributed by atoms with E-state index in [2.05, 4.69) is 0 Å². The average molecular weight is 563 g/mol. The minimum atomic E-state index is -1.42. The Morgan fingerprint density at radius 3 is 2.21 bits per heavy atom. The first-order valence-electron chi connectivity index (χ1n) is 14.1. The van der Waals surface area contributed by atoms with Crippen molar-refractivity contribution in [3.63, 3.8) is 0 Å². The number of carbonyl (C=O) groups excluding carboxylic acids is 3. The van der Waals surface area contributed by atoms with Crippen molar-refractivity contribution in [2.24, 2.45) is 11.8 Å². The molecule has 0 spiro atoms. The number of hydrogen-bond donors (Lipinski definition) is 1. The monoisotopic (exact) mass is 562 g/mol. The highest BCUT2D eigenvalue weighted by atomic mass is 16.7. The van der Waals surface area contributed by atoms with Crippen LogP contribution in [0.3, 0.4) is 0 Å². The maximum Gasteiger partial charge on any atom is 0.343 e. The Morgan fingerprint density at radius 1 is 0.905 bits per heavy atom. The molecule has 2 bridgehead atoms. The van der Waals surface area contributed by atoms with Crippen LogP contribution in [-0.4, -0.2) is 45.9 Å². The number of para-hydroxylation sites is 1. The van der Waals surface area contributed by atoms with E-state index in [0.29, 0.717) is 28.5 Å². The summed E-state index contributed by atoms with van der Waals surface area (Å²) in [4.78, 5) is 53.8. The molecule has 3 aliphatic carbocycles. The highest BCUT2D eigenvalue weighted by Gasteiger charge is 2.94. The summed E-state index contributed by atoms with van der Waals surface area (Å²) >= 11 is 0. The lowest BCUT2D eigenvalue weighted by molar-refractivity contribution is -0.117. The van der Waals surface area contributed by atoms with Crippen LogP contribution in [0.1, 0.15) is 57.5 Å². The number of ketones is 3. The molecule has 8 heteroatoms. The van der Waals surface area contributed by atoms with E-state index in [4.69, 9.17) is 13.9 Å². The lowest BCUT2D eigenvalue weighted by Crippen LogP contribution is -2.58. The van der Waals surface area contributed by atoms with Crippen molar-refractivity contribution in [3.05, 3.63) is 112 Å². The molecule has 1 aliphatic heterocycles. The van der Waals surface area contributed by atoms with Gasteiger partial charge in [-0.05, 0) is 31.0 Å². The molecule has 7 atom stereocenters. The van der Waals surface area contributed by atoms with Crippen LogP contribution in [-0.2, 0) is 9.53 Å². The van der Waals surface area contributed by atoms with Gasteiger partial charge in [-0.1, -0.05) is 66.7 Å². The Kier molecular flexibility index (Phi) is 5.16. The number of carbonyl (C=O) groups is 3. The summed E-state index contributed by atoms with van der Waals surface area (Å²) in [6.07, 6.45) is -1.68. The second-order valence-corrected chi connectivity index (χ2v) is 11.8. The fourth-order valence-corrected chi connectivity index (χ4v) is 8.01. The van der Waals surface area contributed by atoms with E-state index in [0.717, 1.165) is 5.56 Å². The average Bonchev–Trinajstić information content (AvgIpc) is 3.52. The van der Waals surface area contributed by atoms with Gasteiger partial charge in [0.25, 0.3) is 0 Å². The van der Waals surface area contributed by atoms with E-state index < -0.39 is 46.8 Å². The molecule has 1 unspecified atom stereocenters. The largest absolute Gasteiger partial charge is 0.486 e. The van der Waals surface area contributed by atoms with Gasteiger partial charge in [0.05, 0.1) is 17.1 Å². The van der Waals surface area contributed by atoms with Crippen LogP contribution in [0.4, 0.5) is 0 Å². The van der Waals surface area contributed by atoms with Crippen LogP contribution in [0, 0.1) is 11.8 Å². The van der Waals surface area contributed by atoms with Gasteiger partial charge >= 0.3 is 5.63 Å². The SMILES string of the molecule is CC(=O)CC(c1ccccc1)c1c(O[C@@H]2[C@H](O)[C@H]3C[C@@H]2[C@@]24O[C@@]32C(=O)c2ccccc2C4=O)c2ccccc2oc1=O. The lowest BCUT2D eigenvalue weighted by atomic mass is 9.66. The summed E-state index contributed by atoms with van der Waals surface area (Å²) < 4.78 is 18.6. The van der Waals surface area contributed by atoms with Crippen molar-refractivity contribution in [3.8, 4) is 5.75 Å². The zero-order valence-corrected chi connectivity index (χ0v) is 22.6. The van der Waals surface area contributed by atoms with Crippen molar-refractivity contribution < 1.29 is 33.4 Å². The zero-order valence-electron chi connectivity index (χ0n) is 22.6. The third-order valence-electron chi connectivity index (χ3n) is 9.72. The topological polar surface area (TPSA) is 123 Å². The van der Waals surface area contributed by atoms with Gasteiger partial charge in [0, 0.05) is 35.3 Å². The lowest BCUT2D eigenvalue weighted by Gasteiger charge is -2.36. The smallest absolute Gasteiger partial charge is 0.343 e. The van der Waals surface area contributed by atoms with Gasteiger partial charge in [0.1, 0.15) is 23.2 Å². The standard InChI is InChI=1S/C34H26O8/c1-17(35)15-22(18-9-3-2-4-10-18)26-28(21-13-7-8-14-25(21)40-32(26)39)41-29-24-16-23(27(29)36)33-30(37)19-11-5-6-12-20(19)31(38)34(24,33)42-33/h2-14,22-24,27,29,36H,15-16H2,1H3/t22?,23-,24+,27-,29+,33-,34+/m1/s1. The van der Waals surface area contributed by atoms with Gasteiger partial charge in [0.2, 0.25) is 0 Å². The van der Waals surface area contributed by atoms with E-state index >= 15 is 0 Å². The van der Waals surface area contributed by atoms with Gasteiger partial charge in [-0.3, -0.25) is 14.4 Å². The van der Waals surface area contributed by atoms with Gasteiger partial charge in [-0.2, -0.15) is 0 Å². The molecule has 8 nitrogen and oxygen atoms in total. The summed E-state index contributed by atoms with van der Waals surface area (Å²) in [5.41, 5.74) is -1.63. The number of ether oxygens (including phenoxy) is 2. The molecule has 3 aromatic carbocycles. The third kappa shape index (κ3) is 3.03. The van der Waals surface area contributed by atoms with E-state index in [1.807, 2.05) is 30.3 Å². The Balaban J connectivity index is 1.28. The van der Waals surface area contributed by atoms with Gasteiger partial charge in [-0.15, -0.1) is 0 Å². The second kappa shape index (κ2) is 8.56. The molecule has 0 amide bonds. The molecule has 2 heterocycles. The number of benzene rings is 3. The van der Waals surface area contributed by atoms with Crippen molar-refractivity contribution in [1.29, 1.82) is 0 Å². The van der Waals surface area contributed by atoms with Crippen LogP contribution in [0.2, 0.25) is 0 Å². The van der Waals surface area contributed by atoms with Gasteiger partial charge in [-0.25, -0.2) is 4.79 Å². The molecule has 1 N–H and O–H groups in total. The second-order valence-electron chi connectivity index (χ2n) is 11.8. The Morgan fingerprint density at radius 2 is 1.52 bits per heavy atom. The van der Waals surface area contributed by atoms with E-state index in [1.54, 1.807) is 48.5 Å². The fraction of sp³-hybridized carbons (Fsp3) is 0.294. The Bertz CT molecular complexity index is 1890. The normalized spacial score (nSPS) is 30.9. The zero-order chi connectivity index (χ0) is 29.0. The predicted octanol–water partition coefficient (Wildman–Crippen LogP) is 4.25. The molecular weight excluding hydrogens is 536 g/mol. The minimum absolute atomic E-state index is 0.0304. The summed E-state index contributed by atoms with van der Waals surface area (Å²) in [5, 5.41) is 12.1. The first-order valence-corrected chi connectivity index (χ1v) is 14.1. The quantitative estimate of drug-likeness (QED) is 0.273. The van der Waals surface area contributed by atoms with Crippen LogP contribution < -0.4 is 10.4 Å². The molecule has 4 aromatic rings. The molecule has 1 aromatic heterocycles. The van der Waals surface area contributed by atoms with E-state index in [1.165, 1.54) is 6.92 Å². The van der Waals surface area contributed by atoms with Crippen LogP contribution in [0.25, 0.3) is 11.0 Å². The van der Waals surface area contributed by atoms with Gasteiger partial charge in [0.15, 0.2) is 22.8 Å². The fourth-order valence-electron chi connectivity index (χ4n) is 8.01. The van der Waals surface area contributed by atoms with Crippen molar-refractivity contribution in [1.82, 2.24) is 0 Å². The Labute approximate surface area is 239 Å². The number of rotatable bonds is 6. The first kappa shape index (κ1) is 25.3. The molecule has 42 heavy (non-hydrogen) atoms. The molecular formula is C34H26O8. The number of fused-ring (bicyclic) bond motifs is 4. The molecule has 4 aliphatic rings. The van der Waals surface area contributed by atoms with Crippen molar-refractivity contribution >= 4 is 28.3 Å². The number of aliphatic hydroxyl groups excluding tert-OH is 1. The minimum Gasteiger partial charge on any atom is -0.486 e. The third-order valence-corrected chi connectivity index (χ3v) is 9.72. The first-order chi connectivity index (χ1) is 20.3. The molecule has 8 rings (SSSR count). The number of hydrogen-bond acceptors (Lipinski definition) is 8. The van der Waals surface area contributed by atoms with Crippen LogP contribution in [0.5, 0.6) is 5.75 Å². The number of epoxide rings is 1. The van der Waals surface area contributed by atoms with Crippen LogP contribution >= 0.6 is 0 Å². The summed E-state index contributed by atoms with van der Waals surface area (Å²) in [6, 6.07) is 22.8. The maximum absolute atomic E-state index is 13.9. The van der Waals surface area contributed by atoms with E-state index in [9.17, 15) is 24.3 Å². The van der Waals surface area contributed by atoms with Crippen molar-refractivity contribution in [2.75, 3.05) is 0 Å². The molecule has 210 valence electrons. The summed E-state index contributed by atoms with van der Waals surface area (Å²) in [5.74, 6) is -2.41. The van der Waals surface area contributed by atoms with Crippen molar-refractivity contribution in [2.45, 2.75) is 49.1 Å². The summed E-state index contributed by atoms with van der Waals surface area (Å²) in [7, 11) is 0. The molecule has 1 saturated heterocycles. The number of Topliss-reactive ketones (excluding diaryl/α,β-unsaturated/α-hetero) is 3. The number of aliphatic hydroxyl groups is 1. The molecule has 2 saturated carbocycles. The maximum atomic E-state index is 13.9. The molecule has 0 radical (unpaired) electrons. The van der Waals surface area contributed by atoms with Crippen LogP contribution in [0.15, 0.2) is 88.1 Å². The predicted molar refractivity (Wildman–Crippen MR) is 150 cm³/mol. The summed E-state index contributed by atoms with van der Waals surface area (Å²) in [6.45, 7) is 1.46. The Hall–Kier alpha value is -4.40.